The molecule has 0 unspecified atom stereocenters. The molecule has 5 fully saturated rings. The second-order valence-electron chi connectivity index (χ2n) is 10.9. The van der Waals surface area contributed by atoms with Crippen LogP contribution in [-0.2, 0) is 10.2 Å². The summed E-state index contributed by atoms with van der Waals surface area (Å²) in [4.78, 5) is 14.4. The highest BCUT2D eigenvalue weighted by molar-refractivity contribution is 5.79. The Balaban J connectivity index is 1.22. The Kier molecular flexibility index (Phi) is 4.14. The SMILES string of the molecule is Cc1ccc2c(C34CC(C(F)(F)F)(C3)C4)nc([C@H]3CCO[C@@H](c4cnn(C5CC5)c4)C3)nc2n1. The first kappa shape index (κ1) is 20.8. The van der Waals surface area contributed by atoms with Crippen molar-refractivity contribution in [3.63, 3.8) is 0 Å². The van der Waals surface area contributed by atoms with Crippen molar-refractivity contribution in [1.82, 2.24) is 24.7 Å². The van der Waals surface area contributed by atoms with Crippen LogP contribution in [0.4, 0.5) is 13.2 Å². The first-order valence-corrected chi connectivity index (χ1v) is 12.1. The van der Waals surface area contributed by atoms with Gasteiger partial charge in [0.15, 0.2) is 5.65 Å². The van der Waals surface area contributed by atoms with Gasteiger partial charge in [-0.3, -0.25) is 4.68 Å². The molecule has 0 amide bonds. The maximum Gasteiger partial charge on any atom is 0.394 e. The van der Waals surface area contributed by atoms with E-state index in [0.717, 1.165) is 35.2 Å². The van der Waals surface area contributed by atoms with Gasteiger partial charge in [0.25, 0.3) is 0 Å². The van der Waals surface area contributed by atoms with E-state index in [1.165, 1.54) is 12.8 Å². The molecule has 1 saturated heterocycles. The molecule has 2 atom stereocenters. The molecule has 6 nitrogen and oxygen atoms in total. The molecule has 3 aromatic heterocycles. The number of fused-ring (bicyclic) bond motifs is 1. The molecule has 9 heteroatoms. The number of pyridine rings is 1. The molecule has 34 heavy (non-hydrogen) atoms. The van der Waals surface area contributed by atoms with E-state index in [2.05, 4.69) is 16.3 Å². The Morgan fingerprint density at radius 3 is 2.59 bits per heavy atom. The zero-order valence-corrected chi connectivity index (χ0v) is 19.0. The molecule has 5 aliphatic rings. The molecule has 1 aliphatic heterocycles. The molecule has 4 saturated carbocycles. The lowest BCUT2D eigenvalue weighted by atomic mass is 9.33. The van der Waals surface area contributed by atoms with Gasteiger partial charge < -0.3 is 4.74 Å². The van der Waals surface area contributed by atoms with Gasteiger partial charge in [-0.1, -0.05) is 0 Å². The molecule has 4 aliphatic carbocycles. The molecule has 4 heterocycles. The minimum absolute atomic E-state index is 0.0670. The normalized spacial score (nSPS) is 32.9. The number of alkyl halides is 3. The number of ether oxygens (including phenoxy) is 1. The van der Waals surface area contributed by atoms with Crippen LogP contribution in [0.2, 0.25) is 0 Å². The van der Waals surface area contributed by atoms with Gasteiger partial charge in [0.05, 0.1) is 29.5 Å². The summed E-state index contributed by atoms with van der Waals surface area (Å²) < 4.78 is 48.7. The van der Waals surface area contributed by atoms with Crippen LogP contribution in [0.1, 0.15) is 85.8 Å². The summed E-state index contributed by atoms with van der Waals surface area (Å²) in [5.74, 6) is 0.756. The quantitative estimate of drug-likeness (QED) is 0.506. The van der Waals surface area contributed by atoms with Crippen molar-refractivity contribution in [1.29, 1.82) is 0 Å². The largest absolute Gasteiger partial charge is 0.394 e. The van der Waals surface area contributed by atoms with Crippen LogP contribution in [-0.4, -0.2) is 37.5 Å². The predicted molar refractivity (Wildman–Crippen MR) is 117 cm³/mol. The number of rotatable bonds is 4. The second-order valence-corrected chi connectivity index (χ2v) is 10.9. The Hall–Kier alpha value is -2.55. The predicted octanol–water partition coefficient (Wildman–Crippen LogP) is 5.48. The first-order valence-electron chi connectivity index (χ1n) is 12.1. The molecular weight excluding hydrogens is 443 g/mol. The van der Waals surface area contributed by atoms with E-state index in [9.17, 15) is 13.2 Å². The van der Waals surface area contributed by atoms with Gasteiger partial charge in [-0.2, -0.15) is 18.3 Å². The van der Waals surface area contributed by atoms with Crippen molar-refractivity contribution in [2.45, 2.75) is 81.5 Å². The van der Waals surface area contributed by atoms with E-state index in [-0.39, 0.29) is 31.3 Å². The van der Waals surface area contributed by atoms with Crippen molar-refractivity contribution in [2.24, 2.45) is 5.41 Å². The summed E-state index contributed by atoms with van der Waals surface area (Å²) in [5.41, 5.74) is 1.24. The molecular formula is C25H26F3N5O. The van der Waals surface area contributed by atoms with Gasteiger partial charge in [-0.15, -0.1) is 0 Å². The molecule has 3 aromatic rings. The molecule has 2 bridgehead atoms. The van der Waals surface area contributed by atoms with Crippen LogP contribution in [0.25, 0.3) is 11.0 Å². The van der Waals surface area contributed by atoms with Gasteiger partial charge in [0.1, 0.15) is 5.82 Å². The summed E-state index contributed by atoms with van der Waals surface area (Å²) >= 11 is 0. The van der Waals surface area contributed by atoms with Crippen molar-refractivity contribution >= 4 is 11.0 Å². The highest BCUT2D eigenvalue weighted by atomic mass is 19.4. The lowest BCUT2D eigenvalue weighted by Gasteiger charge is -2.70. The summed E-state index contributed by atoms with van der Waals surface area (Å²) in [6, 6.07) is 4.33. The summed E-state index contributed by atoms with van der Waals surface area (Å²) in [6.07, 6.45) is 3.98. The molecule has 0 spiro atoms. The summed E-state index contributed by atoms with van der Waals surface area (Å²) in [7, 11) is 0. The molecule has 8 rings (SSSR count). The van der Waals surface area contributed by atoms with E-state index in [0.29, 0.717) is 24.1 Å². The average molecular weight is 470 g/mol. The maximum absolute atomic E-state index is 13.5. The van der Waals surface area contributed by atoms with E-state index < -0.39 is 17.0 Å². The lowest BCUT2D eigenvalue weighted by molar-refractivity contribution is -0.337. The smallest absolute Gasteiger partial charge is 0.373 e. The van der Waals surface area contributed by atoms with Crippen LogP contribution in [0.3, 0.4) is 0 Å². The van der Waals surface area contributed by atoms with Crippen LogP contribution >= 0.6 is 0 Å². The fourth-order valence-corrected chi connectivity index (χ4v) is 6.37. The van der Waals surface area contributed by atoms with Crippen LogP contribution in [0, 0.1) is 12.3 Å². The third-order valence-electron chi connectivity index (χ3n) is 8.41. The summed E-state index contributed by atoms with van der Waals surface area (Å²) in [6.45, 7) is 2.49. The second kappa shape index (κ2) is 6.77. The fourth-order valence-electron chi connectivity index (χ4n) is 6.37. The number of hydrogen-bond donors (Lipinski definition) is 0. The number of hydrogen-bond acceptors (Lipinski definition) is 5. The Morgan fingerprint density at radius 2 is 1.85 bits per heavy atom. The van der Waals surface area contributed by atoms with E-state index in [4.69, 9.17) is 14.7 Å². The number of aryl methyl sites for hydroxylation is 1. The van der Waals surface area contributed by atoms with Crippen molar-refractivity contribution < 1.29 is 17.9 Å². The number of aromatic nitrogens is 5. The van der Waals surface area contributed by atoms with Crippen molar-refractivity contribution in [3.05, 3.63) is 47.3 Å². The molecule has 0 radical (unpaired) electrons. The van der Waals surface area contributed by atoms with E-state index >= 15 is 0 Å². The van der Waals surface area contributed by atoms with Crippen molar-refractivity contribution in [2.75, 3.05) is 6.61 Å². The Morgan fingerprint density at radius 1 is 1.06 bits per heavy atom. The number of nitrogens with zero attached hydrogens (tertiary/aromatic N) is 5. The van der Waals surface area contributed by atoms with Gasteiger partial charge in [0.2, 0.25) is 0 Å². The minimum Gasteiger partial charge on any atom is -0.373 e. The third kappa shape index (κ3) is 2.98. The lowest BCUT2D eigenvalue weighted by Crippen LogP contribution is -2.70. The number of halogens is 3. The highest BCUT2D eigenvalue weighted by Gasteiger charge is 2.79. The van der Waals surface area contributed by atoms with Gasteiger partial charge >= 0.3 is 6.18 Å². The monoisotopic (exact) mass is 469 g/mol. The highest BCUT2D eigenvalue weighted by Crippen LogP contribution is 2.78. The molecule has 0 N–H and O–H groups in total. The van der Waals surface area contributed by atoms with E-state index in [1.54, 1.807) is 0 Å². The van der Waals surface area contributed by atoms with Crippen LogP contribution in [0.5, 0.6) is 0 Å². The van der Waals surface area contributed by atoms with Gasteiger partial charge in [-0.25, -0.2) is 15.0 Å². The maximum atomic E-state index is 13.5. The average Bonchev–Trinajstić information content (AvgIpc) is 3.47. The first-order chi connectivity index (χ1) is 16.3. The Labute approximate surface area is 194 Å². The van der Waals surface area contributed by atoms with Crippen LogP contribution < -0.4 is 0 Å². The Bertz CT molecular complexity index is 1280. The molecule has 0 aromatic carbocycles. The third-order valence-corrected chi connectivity index (χ3v) is 8.41. The molecule has 178 valence electrons. The van der Waals surface area contributed by atoms with E-state index in [1.807, 2.05) is 29.9 Å². The zero-order valence-electron chi connectivity index (χ0n) is 19.0. The summed E-state index contributed by atoms with van der Waals surface area (Å²) in [5, 5.41) is 5.29. The standard InChI is InChI=1S/C25H26F3N5O/c1-14-2-5-18-20(23-11-24(12-23,13-23)25(26,27)28)31-21(32-22(18)30-14)15-6-7-34-19(8-15)16-9-29-33(10-16)17-3-4-17/h2,5,9-10,15,17,19H,3-4,6-8,11-13H2,1H3/t15-,19+,23?,24?/m0/s1. The van der Waals surface area contributed by atoms with Gasteiger partial charge in [0, 0.05) is 40.8 Å². The van der Waals surface area contributed by atoms with Crippen LogP contribution in [0.15, 0.2) is 24.5 Å². The van der Waals surface area contributed by atoms with Crippen molar-refractivity contribution in [3.8, 4) is 0 Å². The van der Waals surface area contributed by atoms with Gasteiger partial charge in [-0.05, 0) is 64.0 Å². The topological polar surface area (TPSA) is 65.7 Å². The fraction of sp³-hybridized carbons (Fsp3) is 0.600. The zero-order chi connectivity index (χ0) is 23.3. The minimum atomic E-state index is -4.14.